The van der Waals surface area contributed by atoms with Crippen LogP contribution in [0.25, 0.3) is 10.8 Å². The highest BCUT2D eigenvalue weighted by atomic mass is 35.5. The first-order valence-corrected chi connectivity index (χ1v) is 9.54. The van der Waals surface area contributed by atoms with Crippen molar-refractivity contribution in [1.29, 1.82) is 0 Å². The molecule has 1 unspecified atom stereocenters. The van der Waals surface area contributed by atoms with Gasteiger partial charge in [-0.2, -0.15) is 0 Å². The predicted octanol–water partition coefficient (Wildman–Crippen LogP) is 4.64. The average Bonchev–Trinajstić information content (AvgIpc) is 2.59. The normalized spacial score (nSPS) is 25.0. The highest BCUT2D eigenvalue weighted by Gasteiger charge is 2.36. The zero-order valence-corrected chi connectivity index (χ0v) is 15.7. The number of halogens is 1. The highest BCUT2D eigenvalue weighted by Crippen LogP contribution is 2.41. The van der Waals surface area contributed by atoms with Crippen LogP contribution >= 0.6 is 11.6 Å². The summed E-state index contributed by atoms with van der Waals surface area (Å²) in [6, 6.07) is 5.68. The van der Waals surface area contributed by atoms with E-state index in [9.17, 15) is 4.79 Å². The lowest BCUT2D eigenvalue weighted by Gasteiger charge is -2.41. The summed E-state index contributed by atoms with van der Waals surface area (Å²) in [7, 11) is 0. The van der Waals surface area contributed by atoms with Crippen LogP contribution in [0.2, 0.25) is 5.02 Å². The fraction of sp³-hybridized carbons (Fsp3) is 0.550. The van der Waals surface area contributed by atoms with Gasteiger partial charge in [-0.1, -0.05) is 31.9 Å². The van der Waals surface area contributed by atoms with Crippen LogP contribution in [-0.4, -0.2) is 17.1 Å². The molecule has 0 saturated heterocycles. The minimum atomic E-state index is -0.135. The van der Waals surface area contributed by atoms with Crippen LogP contribution in [-0.2, 0) is 0 Å². The summed E-state index contributed by atoms with van der Waals surface area (Å²) in [5.41, 5.74) is 6.47. The standard InChI is InChI=1S/C20H27ClN2O2/c1-3-4-18(22)20(2)8-5-14(6-9-20)25-17-11-13-7-10-23-19(24)15(13)12-16(17)21/h7,10-12,14,18H,3-6,8-9,22H2,1-2H3,(H,23,24). The van der Waals surface area contributed by atoms with Crippen LogP contribution in [0.5, 0.6) is 5.75 Å². The number of aromatic nitrogens is 1. The minimum Gasteiger partial charge on any atom is -0.489 e. The van der Waals surface area contributed by atoms with E-state index < -0.39 is 0 Å². The van der Waals surface area contributed by atoms with Crippen molar-refractivity contribution in [2.75, 3.05) is 0 Å². The van der Waals surface area contributed by atoms with Gasteiger partial charge in [0.2, 0.25) is 0 Å². The number of ether oxygens (including phenoxy) is 1. The third-order valence-electron chi connectivity index (χ3n) is 5.69. The molecule has 1 aromatic heterocycles. The van der Waals surface area contributed by atoms with Crippen molar-refractivity contribution in [2.24, 2.45) is 11.1 Å². The van der Waals surface area contributed by atoms with Gasteiger partial charge in [0.1, 0.15) is 5.75 Å². The molecule has 3 rings (SSSR count). The number of rotatable bonds is 5. The minimum absolute atomic E-state index is 0.135. The van der Waals surface area contributed by atoms with E-state index in [-0.39, 0.29) is 23.1 Å². The van der Waals surface area contributed by atoms with Gasteiger partial charge in [0, 0.05) is 17.6 Å². The second-order valence-corrected chi connectivity index (χ2v) is 7.95. The van der Waals surface area contributed by atoms with Gasteiger partial charge in [-0.3, -0.25) is 4.79 Å². The number of pyridine rings is 1. The lowest BCUT2D eigenvalue weighted by atomic mass is 9.69. The number of fused-ring (bicyclic) bond motifs is 1. The maximum Gasteiger partial charge on any atom is 0.255 e. The lowest BCUT2D eigenvalue weighted by molar-refractivity contribution is 0.0708. The van der Waals surface area contributed by atoms with Crippen molar-refractivity contribution in [1.82, 2.24) is 4.98 Å². The summed E-state index contributed by atoms with van der Waals surface area (Å²) >= 11 is 6.34. The second-order valence-electron chi connectivity index (χ2n) is 7.54. The van der Waals surface area contributed by atoms with Crippen molar-refractivity contribution in [2.45, 2.75) is 64.5 Å². The van der Waals surface area contributed by atoms with Crippen LogP contribution < -0.4 is 16.0 Å². The van der Waals surface area contributed by atoms with Crippen molar-refractivity contribution in [3.8, 4) is 5.75 Å². The summed E-state index contributed by atoms with van der Waals surface area (Å²) in [5.74, 6) is 0.659. The quantitative estimate of drug-likeness (QED) is 0.814. The van der Waals surface area contributed by atoms with Crippen molar-refractivity contribution < 1.29 is 4.74 Å². The average molecular weight is 363 g/mol. The van der Waals surface area contributed by atoms with Crippen LogP contribution in [0.15, 0.2) is 29.2 Å². The van der Waals surface area contributed by atoms with Gasteiger partial charge < -0.3 is 15.5 Å². The van der Waals surface area contributed by atoms with E-state index in [1.165, 1.54) is 0 Å². The van der Waals surface area contributed by atoms with E-state index >= 15 is 0 Å². The fourth-order valence-electron chi connectivity index (χ4n) is 3.86. The van der Waals surface area contributed by atoms with Crippen molar-refractivity contribution >= 4 is 22.4 Å². The Morgan fingerprint density at radius 2 is 2.12 bits per heavy atom. The molecule has 2 aromatic rings. The molecule has 4 nitrogen and oxygen atoms in total. The zero-order chi connectivity index (χ0) is 18.0. The summed E-state index contributed by atoms with van der Waals surface area (Å²) in [6.45, 7) is 4.49. The number of hydrogen-bond donors (Lipinski definition) is 2. The molecule has 1 aliphatic rings. The van der Waals surface area contributed by atoms with Crippen molar-refractivity contribution in [3.05, 3.63) is 39.8 Å². The van der Waals surface area contributed by atoms with E-state index in [0.717, 1.165) is 43.9 Å². The Hall–Kier alpha value is -1.52. The Morgan fingerprint density at radius 1 is 1.40 bits per heavy atom. The highest BCUT2D eigenvalue weighted by molar-refractivity contribution is 6.32. The third kappa shape index (κ3) is 3.85. The van der Waals surface area contributed by atoms with Gasteiger partial charge in [0.25, 0.3) is 5.56 Å². The molecule has 0 aliphatic heterocycles. The van der Waals surface area contributed by atoms with Crippen LogP contribution in [0.4, 0.5) is 0 Å². The molecule has 3 N–H and O–H groups in total. The number of nitrogens with one attached hydrogen (secondary N) is 1. The van der Waals surface area contributed by atoms with Crippen LogP contribution in [0.1, 0.15) is 52.4 Å². The SMILES string of the molecule is CCCC(N)C1(C)CCC(Oc2cc3cc[nH]c(=O)c3cc2Cl)CC1. The first kappa shape index (κ1) is 18.3. The van der Waals surface area contributed by atoms with E-state index in [2.05, 4.69) is 18.8 Å². The van der Waals surface area contributed by atoms with Crippen LogP contribution in [0.3, 0.4) is 0 Å². The Labute approximate surface area is 153 Å². The molecule has 1 aliphatic carbocycles. The number of nitrogens with two attached hydrogens (primary N) is 1. The Kier molecular flexibility index (Phi) is 5.40. The smallest absolute Gasteiger partial charge is 0.255 e. The molecule has 136 valence electrons. The molecule has 0 bridgehead atoms. The van der Waals surface area contributed by atoms with Gasteiger partial charge in [-0.05, 0) is 61.1 Å². The molecule has 25 heavy (non-hydrogen) atoms. The van der Waals surface area contributed by atoms with E-state index in [1.807, 2.05) is 12.1 Å². The summed E-state index contributed by atoms with van der Waals surface area (Å²) < 4.78 is 6.18. The molecule has 1 fully saturated rings. The van der Waals surface area contributed by atoms with Crippen LogP contribution in [0, 0.1) is 5.41 Å². The Morgan fingerprint density at radius 3 is 2.80 bits per heavy atom. The maximum atomic E-state index is 11.9. The summed E-state index contributed by atoms with van der Waals surface area (Å²) in [6.07, 6.45) is 8.11. The maximum absolute atomic E-state index is 11.9. The third-order valence-corrected chi connectivity index (χ3v) is 5.98. The van der Waals surface area contributed by atoms with E-state index in [0.29, 0.717) is 16.2 Å². The number of benzene rings is 1. The number of hydrogen-bond acceptors (Lipinski definition) is 3. The molecule has 0 amide bonds. The van der Waals surface area contributed by atoms with Gasteiger partial charge in [-0.15, -0.1) is 0 Å². The lowest BCUT2D eigenvalue weighted by Crippen LogP contribution is -2.43. The van der Waals surface area contributed by atoms with Gasteiger partial charge in [0.15, 0.2) is 0 Å². The monoisotopic (exact) mass is 362 g/mol. The topological polar surface area (TPSA) is 68.1 Å². The van der Waals surface area contributed by atoms with Gasteiger partial charge in [0.05, 0.1) is 11.1 Å². The Balaban J connectivity index is 1.71. The molecule has 1 atom stereocenters. The van der Waals surface area contributed by atoms with Crippen molar-refractivity contribution in [3.63, 3.8) is 0 Å². The molecule has 1 heterocycles. The predicted molar refractivity (Wildman–Crippen MR) is 103 cm³/mol. The molecule has 5 heteroatoms. The first-order valence-electron chi connectivity index (χ1n) is 9.16. The zero-order valence-electron chi connectivity index (χ0n) is 15.0. The molecule has 0 radical (unpaired) electrons. The number of H-pyrrole nitrogens is 1. The van der Waals surface area contributed by atoms with E-state index in [1.54, 1.807) is 12.3 Å². The second kappa shape index (κ2) is 7.38. The van der Waals surface area contributed by atoms with Gasteiger partial charge in [-0.25, -0.2) is 0 Å². The summed E-state index contributed by atoms with van der Waals surface area (Å²) in [5, 5.41) is 1.91. The number of aromatic amines is 1. The molecular weight excluding hydrogens is 336 g/mol. The van der Waals surface area contributed by atoms with E-state index in [4.69, 9.17) is 22.1 Å². The Bertz CT molecular complexity index is 794. The largest absolute Gasteiger partial charge is 0.489 e. The fourth-order valence-corrected chi connectivity index (χ4v) is 4.07. The molecule has 0 spiro atoms. The summed E-state index contributed by atoms with van der Waals surface area (Å²) in [4.78, 5) is 14.5. The molecule has 1 saturated carbocycles. The molecular formula is C20H27ClN2O2. The van der Waals surface area contributed by atoms with Gasteiger partial charge >= 0.3 is 0 Å². The first-order chi connectivity index (χ1) is 11.9. The molecule has 1 aromatic carbocycles.